The van der Waals surface area contributed by atoms with Gasteiger partial charge in [-0.25, -0.2) is 0 Å². The Bertz CT molecular complexity index is 388. The van der Waals surface area contributed by atoms with Crippen molar-refractivity contribution in [3.8, 4) is 0 Å². The maximum Gasteiger partial charge on any atom is 0.163 e. The van der Waals surface area contributed by atoms with Crippen molar-refractivity contribution in [2.75, 3.05) is 6.61 Å². The summed E-state index contributed by atoms with van der Waals surface area (Å²) in [4.78, 5) is 12.0. The highest BCUT2D eigenvalue weighted by Crippen LogP contribution is 2.20. The number of Topliss-reactive ketones (excluding diaryl/α,β-unsaturated/α-hetero) is 1. The number of hydrogen-bond acceptors (Lipinski definition) is 2. The van der Waals surface area contributed by atoms with E-state index in [1.165, 1.54) is 0 Å². The van der Waals surface area contributed by atoms with E-state index in [-0.39, 0.29) is 5.78 Å². The van der Waals surface area contributed by atoms with Gasteiger partial charge < -0.3 is 4.74 Å². The number of rotatable bonds is 4. The first-order chi connectivity index (χ1) is 8.15. The van der Waals surface area contributed by atoms with Gasteiger partial charge in [-0.15, -0.1) is 0 Å². The summed E-state index contributed by atoms with van der Waals surface area (Å²) >= 11 is 3.42. The molecule has 1 aliphatic rings. The topological polar surface area (TPSA) is 26.3 Å². The second-order valence-electron chi connectivity index (χ2n) is 4.61. The molecule has 1 atom stereocenters. The lowest BCUT2D eigenvalue weighted by molar-refractivity contribution is 0.0859. The molecule has 17 heavy (non-hydrogen) atoms. The molecular formula is C14H17BrO2. The van der Waals surface area contributed by atoms with Crippen molar-refractivity contribution >= 4 is 21.7 Å². The first-order valence-electron chi connectivity index (χ1n) is 6.07. The van der Waals surface area contributed by atoms with Crippen LogP contribution in [0.2, 0.25) is 0 Å². The van der Waals surface area contributed by atoms with Crippen LogP contribution in [-0.2, 0) is 4.74 Å². The minimum Gasteiger partial charge on any atom is -0.378 e. The van der Waals surface area contributed by atoms with Crippen molar-refractivity contribution in [3.05, 3.63) is 33.8 Å². The van der Waals surface area contributed by atoms with Crippen LogP contribution >= 0.6 is 15.9 Å². The fourth-order valence-corrected chi connectivity index (χ4v) is 2.81. The fourth-order valence-electron chi connectivity index (χ4n) is 2.21. The van der Waals surface area contributed by atoms with E-state index in [4.69, 9.17) is 4.74 Å². The number of carbonyl (C=O) groups is 1. The van der Waals surface area contributed by atoms with E-state index in [1.807, 2.05) is 25.1 Å². The third-order valence-electron chi connectivity index (χ3n) is 3.08. The summed E-state index contributed by atoms with van der Waals surface area (Å²) in [6, 6.07) is 5.85. The van der Waals surface area contributed by atoms with Crippen LogP contribution in [0.15, 0.2) is 22.7 Å². The lowest BCUT2D eigenvalue weighted by atomic mass is 10.0. The molecule has 1 aromatic rings. The van der Waals surface area contributed by atoms with Gasteiger partial charge in [0.05, 0.1) is 6.10 Å². The molecule has 3 heteroatoms. The number of hydrogen-bond donors (Lipinski definition) is 0. The highest BCUT2D eigenvalue weighted by molar-refractivity contribution is 9.10. The SMILES string of the molecule is Cc1cc(Br)cc(C(=O)CCC2CCCO2)c1. The molecule has 2 nitrogen and oxygen atoms in total. The van der Waals surface area contributed by atoms with Gasteiger partial charge in [-0.3, -0.25) is 4.79 Å². The minimum absolute atomic E-state index is 0.213. The predicted molar refractivity (Wildman–Crippen MR) is 71.4 cm³/mol. The Morgan fingerprint density at radius 2 is 2.29 bits per heavy atom. The largest absolute Gasteiger partial charge is 0.378 e. The lowest BCUT2D eigenvalue weighted by Crippen LogP contribution is -2.09. The molecule has 1 unspecified atom stereocenters. The summed E-state index contributed by atoms with van der Waals surface area (Å²) in [6.07, 6.45) is 3.97. The number of ether oxygens (including phenoxy) is 1. The summed E-state index contributed by atoms with van der Waals surface area (Å²) in [7, 11) is 0. The Morgan fingerprint density at radius 3 is 2.94 bits per heavy atom. The van der Waals surface area contributed by atoms with Crippen molar-refractivity contribution in [3.63, 3.8) is 0 Å². The van der Waals surface area contributed by atoms with Gasteiger partial charge in [-0.2, -0.15) is 0 Å². The maximum absolute atomic E-state index is 12.0. The highest BCUT2D eigenvalue weighted by Gasteiger charge is 2.17. The Hall–Kier alpha value is -0.670. The molecule has 0 radical (unpaired) electrons. The highest BCUT2D eigenvalue weighted by atomic mass is 79.9. The minimum atomic E-state index is 0.213. The molecule has 0 aliphatic carbocycles. The summed E-state index contributed by atoms with van der Waals surface area (Å²) in [5.74, 6) is 0.213. The molecule has 1 heterocycles. The second kappa shape index (κ2) is 5.78. The van der Waals surface area contributed by atoms with Crippen LogP contribution in [0.1, 0.15) is 41.6 Å². The molecule has 0 bridgehead atoms. The predicted octanol–water partition coefficient (Wildman–Crippen LogP) is 3.90. The zero-order valence-electron chi connectivity index (χ0n) is 10.0. The van der Waals surface area contributed by atoms with E-state index in [0.717, 1.165) is 41.5 Å². The van der Waals surface area contributed by atoms with E-state index in [9.17, 15) is 4.79 Å². The molecule has 2 rings (SSSR count). The molecule has 1 aromatic carbocycles. The van der Waals surface area contributed by atoms with Gasteiger partial charge in [0.2, 0.25) is 0 Å². The van der Waals surface area contributed by atoms with Gasteiger partial charge in [0.25, 0.3) is 0 Å². The van der Waals surface area contributed by atoms with Crippen molar-refractivity contribution in [1.29, 1.82) is 0 Å². The summed E-state index contributed by atoms with van der Waals surface area (Å²) < 4.78 is 6.50. The number of benzene rings is 1. The van der Waals surface area contributed by atoms with Crippen LogP contribution in [0.5, 0.6) is 0 Å². The molecule has 0 saturated carbocycles. The Labute approximate surface area is 110 Å². The van der Waals surface area contributed by atoms with Crippen LogP contribution in [0, 0.1) is 6.92 Å². The van der Waals surface area contributed by atoms with Gasteiger partial charge in [-0.05, 0) is 49.9 Å². The van der Waals surface area contributed by atoms with Gasteiger partial charge >= 0.3 is 0 Å². The first kappa shape index (κ1) is 12.8. The van der Waals surface area contributed by atoms with E-state index in [2.05, 4.69) is 15.9 Å². The van der Waals surface area contributed by atoms with E-state index >= 15 is 0 Å². The van der Waals surface area contributed by atoms with E-state index in [1.54, 1.807) is 0 Å². The quantitative estimate of drug-likeness (QED) is 0.788. The summed E-state index contributed by atoms with van der Waals surface area (Å²) in [5, 5.41) is 0. The average molecular weight is 297 g/mol. The third-order valence-corrected chi connectivity index (χ3v) is 3.54. The Balaban J connectivity index is 1.94. The van der Waals surface area contributed by atoms with E-state index < -0.39 is 0 Å². The zero-order valence-corrected chi connectivity index (χ0v) is 11.6. The lowest BCUT2D eigenvalue weighted by Gasteiger charge is -2.08. The third kappa shape index (κ3) is 3.65. The fraction of sp³-hybridized carbons (Fsp3) is 0.500. The average Bonchev–Trinajstić information content (AvgIpc) is 2.77. The monoisotopic (exact) mass is 296 g/mol. The van der Waals surface area contributed by atoms with E-state index in [0.29, 0.717) is 12.5 Å². The summed E-state index contributed by atoms with van der Waals surface area (Å²) in [6.45, 7) is 2.86. The van der Waals surface area contributed by atoms with Crippen molar-refractivity contribution in [2.24, 2.45) is 0 Å². The van der Waals surface area contributed by atoms with Gasteiger partial charge in [0.15, 0.2) is 5.78 Å². The van der Waals surface area contributed by atoms with Crippen LogP contribution in [0.4, 0.5) is 0 Å². The summed E-state index contributed by atoms with van der Waals surface area (Å²) in [5.41, 5.74) is 1.91. The normalized spacial score (nSPS) is 19.5. The van der Waals surface area contributed by atoms with Gasteiger partial charge in [0.1, 0.15) is 0 Å². The van der Waals surface area contributed by atoms with Crippen molar-refractivity contribution in [2.45, 2.75) is 38.7 Å². The molecule has 0 amide bonds. The van der Waals surface area contributed by atoms with Crippen molar-refractivity contribution in [1.82, 2.24) is 0 Å². The number of ketones is 1. The molecule has 1 fully saturated rings. The van der Waals surface area contributed by atoms with Crippen LogP contribution in [0.3, 0.4) is 0 Å². The molecule has 1 saturated heterocycles. The molecule has 1 aliphatic heterocycles. The van der Waals surface area contributed by atoms with Crippen LogP contribution < -0.4 is 0 Å². The first-order valence-corrected chi connectivity index (χ1v) is 6.86. The molecule has 0 N–H and O–H groups in total. The molecular weight excluding hydrogens is 280 g/mol. The number of aryl methyl sites for hydroxylation is 1. The van der Waals surface area contributed by atoms with Crippen LogP contribution in [-0.4, -0.2) is 18.5 Å². The maximum atomic E-state index is 12.0. The number of halogens is 1. The molecule has 0 aromatic heterocycles. The standard InChI is InChI=1S/C14H17BrO2/c1-10-7-11(9-12(15)8-10)14(16)5-4-13-3-2-6-17-13/h7-9,13H,2-6H2,1H3. The van der Waals surface area contributed by atoms with Gasteiger partial charge in [0, 0.05) is 23.1 Å². The van der Waals surface area contributed by atoms with Gasteiger partial charge in [-0.1, -0.05) is 15.9 Å². The Morgan fingerprint density at radius 1 is 1.47 bits per heavy atom. The van der Waals surface area contributed by atoms with Crippen LogP contribution in [0.25, 0.3) is 0 Å². The molecule has 0 spiro atoms. The second-order valence-corrected chi connectivity index (χ2v) is 5.53. The Kier molecular flexibility index (Phi) is 4.35. The smallest absolute Gasteiger partial charge is 0.163 e. The number of carbonyl (C=O) groups excluding carboxylic acids is 1. The zero-order chi connectivity index (χ0) is 12.3. The van der Waals surface area contributed by atoms with Crippen molar-refractivity contribution < 1.29 is 9.53 Å². The molecule has 92 valence electrons.